The molecule has 25 heavy (non-hydrogen) atoms. The van der Waals surface area contributed by atoms with Crippen LogP contribution < -0.4 is 5.32 Å². The summed E-state index contributed by atoms with van der Waals surface area (Å²) >= 11 is 0. The van der Waals surface area contributed by atoms with Crippen LogP contribution in [0.2, 0.25) is 0 Å². The van der Waals surface area contributed by atoms with Gasteiger partial charge in [-0.05, 0) is 56.4 Å². The average molecular weight is 370 g/mol. The van der Waals surface area contributed by atoms with E-state index in [0.717, 1.165) is 6.07 Å². The lowest BCUT2D eigenvalue weighted by Gasteiger charge is -2.31. The molecule has 5 nitrogen and oxygen atoms in total. The number of benzene rings is 1. The lowest BCUT2D eigenvalue weighted by Crippen LogP contribution is -2.45. The highest BCUT2D eigenvalue weighted by molar-refractivity contribution is 7.89. The standard InChI is InChI=1S/C18H27FN2O3S/c1-12(2)14(4)20-18(22)15-7-9-21(10-8-15)25(23,24)17-6-5-16(19)11-13(17)3/h5-6,11-12,14-15H,7-10H2,1-4H3,(H,20,22). The second-order valence-electron chi connectivity index (χ2n) is 7.13. The second kappa shape index (κ2) is 7.83. The van der Waals surface area contributed by atoms with Crippen LogP contribution in [0.25, 0.3) is 0 Å². The molecule has 0 bridgehead atoms. The summed E-state index contributed by atoms with van der Waals surface area (Å²) in [6.07, 6.45) is 0.992. The molecule has 0 saturated carbocycles. The molecule has 0 aliphatic carbocycles. The molecule has 1 atom stereocenters. The summed E-state index contributed by atoms with van der Waals surface area (Å²) in [7, 11) is -3.66. The molecule has 1 heterocycles. The zero-order chi connectivity index (χ0) is 18.8. The molecular formula is C18H27FN2O3S. The highest BCUT2D eigenvalue weighted by Crippen LogP contribution is 2.26. The van der Waals surface area contributed by atoms with Crippen LogP contribution in [0.5, 0.6) is 0 Å². The van der Waals surface area contributed by atoms with Gasteiger partial charge in [0.25, 0.3) is 0 Å². The molecule has 2 rings (SSSR count). The maximum absolute atomic E-state index is 13.2. The van der Waals surface area contributed by atoms with Crippen LogP contribution in [0.1, 0.15) is 39.2 Å². The molecule has 1 saturated heterocycles. The number of rotatable bonds is 5. The van der Waals surface area contributed by atoms with Gasteiger partial charge in [-0.15, -0.1) is 0 Å². The number of aryl methyl sites for hydroxylation is 1. The summed E-state index contributed by atoms with van der Waals surface area (Å²) in [5.41, 5.74) is 0.394. The quantitative estimate of drug-likeness (QED) is 0.867. The Morgan fingerprint density at radius 2 is 1.84 bits per heavy atom. The van der Waals surface area contributed by atoms with Gasteiger partial charge in [-0.3, -0.25) is 4.79 Å². The number of hydrogen-bond acceptors (Lipinski definition) is 3. The van der Waals surface area contributed by atoms with Gasteiger partial charge in [0.1, 0.15) is 5.82 Å². The smallest absolute Gasteiger partial charge is 0.243 e. The van der Waals surface area contributed by atoms with Crippen molar-refractivity contribution >= 4 is 15.9 Å². The van der Waals surface area contributed by atoms with Crippen LogP contribution in [0.3, 0.4) is 0 Å². The summed E-state index contributed by atoms with van der Waals surface area (Å²) in [4.78, 5) is 12.4. The topological polar surface area (TPSA) is 66.5 Å². The fourth-order valence-corrected chi connectivity index (χ4v) is 4.58. The Bertz CT molecular complexity index is 726. The van der Waals surface area contributed by atoms with Crippen molar-refractivity contribution in [3.63, 3.8) is 0 Å². The van der Waals surface area contributed by atoms with Crippen LogP contribution in [-0.2, 0) is 14.8 Å². The molecule has 1 aromatic carbocycles. The van der Waals surface area contributed by atoms with Crippen LogP contribution in [0.4, 0.5) is 4.39 Å². The van der Waals surface area contributed by atoms with E-state index in [4.69, 9.17) is 0 Å². The number of carbonyl (C=O) groups excluding carboxylic acids is 1. The molecule has 1 aliphatic heterocycles. The SMILES string of the molecule is Cc1cc(F)ccc1S(=O)(=O)N1CCC(C(=O)NC(C)C(C)C)CC1. The summed E-state index contributed by atoms with van der Waals surface area (Å²) in [5, 5.41) is 3.00. The maximum Gasteiger partial charge on any atom is 0.243 e. The van der Waals surface area contributed by atoms with Crippen LogP contribution in [0.15, 0.2) is 23.1 Å². The van der Waals surface area contributed by atoms with Crippen molar-refractivity contribution in [3.8, 4) is 0 Å². The normalized spacial score (nSPS) is 18.3. The van der Waals surface area contributed by atoms with Crippen LogP contribution >= 0.6 is 0 Å². The van der Waals surface area contributed by atoms with E-state index in [9.17, 15) is 17.6 Å². The van der Waals surface area contributed by atoms with Crippen molar-refractivity contribution in [3.05, 3.63) is 29.6 Å². The lowest BCUT2D eigenvalue weighted by atomic mass is 9.96. The van der Waals surface area contributed by atoms with Gasteiger partial charge in [-0.2, -0.15) is 4.31 Å². The molecule has 1 aromatic rings. The molecule has 0 spiro atoms. The zero-order valence-electron chi connectivity index (χ0n) is 15.3. The number of sulfonamides is 1. The van der Waals surface area contributed by atoms with Gasteiger partial charge in [-0.25, -0.2) is 12.8 Å². The van der Waals surface area contributed by atoms with E-state index in [-0.39, 0.29) is 22.8 Å². The molecule has 1 amide bonds. The van der Waals surface area contributed by atoms with Gasteiger partial charge < -0.3 is 5.32 Å². The first kappa shape index (κ1) is 19.8. The van der Waals surface area contributed by atoms with Crippen molar-refractivity contribution in [2.24, 2.45) is 11.8 Å². The van der Waals surface area contributed by atoms with Gasteiger partial charge in [0.2, 0.25) is 15.9 Å². The molecule has 7 heteroatoms. The molecule has 0 aromatic heterocycles. The van der Waals surface area contributed by atoms with Crippen LogP contribution in [-0.4, -0.2) is 37.8 Å². The Hall–Kier alpha value is -1.47. The highest BCUT2D eigenvalue weighted by Gasteiger charge is 2.33. The minimum Gasteiger partial charge on any atom is -0.353 e. The van der Waals surface area contributed by atoms with E-state index in [0.29, 0.717) is 37.4 Å². The van der Waals surface area contributed by atoms with Gasteiger partial charge in [0, 0.05) is 25.0 Å². The number of carbonyl (C=O) groups is 1. The van der Waals surface area contributed by atoms with Crippen molar-refractivity contribution in [1.29, 1.82) is 0 Å². The molecule has 1 unspecified atom stereocenters. The predicted octanol–water partition coefficient (Wildman–Crippen LogP) is 2.70. The Balaban J connectivity index is 2.02. The predicted molar refractivity (Wildman–Crippen MR) is 95.1 cm³/mol. The molecule has 1 N–H and O–H groups in total. The number of amides is 1. The van der Waals surface area contributed by atoms with Crippen molar-refractivity contribution in [2.75, 3.05) is 13.1 Å². The number of halogens is 1. The summed E-state index contributed by atoms with van der Waals surface area (Å²) in [5.74, 6) is -0.268. The molecular weight excluding hydrogens is 343 g/mol. The highest BCUT2D eigenvalue weighted by atomic mass is 32.2. The fourth-order valence-electron chi connectivity index (χ4n) is 2.91. The van der Waals surface area contributed by atoms with E-state index < -0.39 is 15.8 Å². The number of hydrogen-bond donors (Lipinski definition) is 1. The van der Waals surface area contributed by atoms with E-state index >= 15 is 0 Å². The van der Waals surface area contributed by atoms with E-state index in [1.54, 1.807) is 6.92 Å². The van der Waals surface area contributed by atoms with E-state index in [1.807, 2.05) is 20.8 Å². The monoisotopic (exact) mass is 370 g/mol. The number of nitrogens with zero attached hydrogens (tertiary/aromatic N) is 1. The maximum atomic E-state index is 13.2. The Morgan fingerprint density at radius 3 is 2.36 bits per heavy atom. The van der Waals surface area contributed by atoms with Crippen molar-refractivity contribution in [1.82, 2.24) is 9.62 Å². The molecule has 1 aliphatic rings. The fraction of sp³-hybridized carbons (Fsp3) is 0.611. The van der Waals surface area contributed by atoms with Crippen molar-refractivity contribution < 1.29 is 17.6 Å². The minimum absolute atomic E-state index is 0.00351. The minimum atomic E-state index is -3.66. The van der Waals surface area contributed by atoms with Gasteiger partial charge in [-0.1, -0.05) is 13.8 Å². The first-order chi connectivity index (χ1) is 11.6. The van der Waals surface area contributed by atoms with Crippen molar-refractivity contribution in [2.45, 2.75) is 51.5 Å². The van der Waals surface area contributed by atoms with Gasteiger partial charge >= 0.3 is 0 Å². The second-order valence-corrected chi connectivity index (χ2v) is 9.04. The Kier molecular flexibility index (Phi) is 6.21. The van der Waals surface area contributed by atoms with E-state index in [2.05, 4.69) is 5.32 Å². The number of piperidine rings is 1. The summed E-state index contributed by atoms with van der Waals surface area (Å²) in [6, 6.07) is 3.78. The summed E-state index contributed by atoms with van der Waals surface area (Å²) < 4.78 is 40.1. The lowest BCUT2D eigenvalue weighted by molar-refractivity contribution is -0.127. The average Bonchev–Trinajstić information content (AvgIpc) is 2.54. The van der Waals surface area contributed by atoms with E-state index in [1.165, 1.54) is 16.4 Å². The zero-order valence-corrected chi connectivity index (χ0v) is 16.1. The summed E-state index contributed by atoms with van der Waals surface area (Å²) in [6.45, 7) is 8.25. The first-order valence-corrected chi connectivity index (χ1v) is 10.1. The molecule has 140 valence electrons. The molecule has 0 radical (unpaired) electrons. The van der Waals surface area contributed by atoms with Gasteiger partial charge in [0.15, 0.2) is 0 Å². The third kappa shape index (κ3) is 4.58. The van der Waals surface area contributed by atoms with Crippen LogP contribution in [0, 0.1) is 24.6 Å². The number of nitrogens with one attached hydrogen (secondary N) is 1. The van der Waals surface area contributed by atoms with Gasteiger partial charge in [0.05, 0.1) is 4.90 Å². The largest absolute Gasteiger partial charge is 0.353 e. The Labute approximate surface area is 149 Å². The Morgan fingerprint density at radius 1 is 1.24 bits per heavy atom. The first-order valence-electron chi connectivity index (χ1n) is 8.69. The third-order valence-corrected chi connectivity index (χ3v) is 7.01. The molecule has 1 fully saturated rings. The third-order valence-electron chi connectivity index (χ3n) is 4.95.